The van der Waals surface area contributed by atoms with Gasteiger partial charge < -0.3 is 9.97 Å². The van der Waals surface area contributed by atoms with E-state index in [2.05, 4.69) is 192 Å². The summed E-state index contributed by atoms with van der Waals surface area (Å²) in [6.45, 7) is 6.36. The third-order valence-electron chi connectivity index (χ3n) is 10.2. The van der Waals surface area contributed by atoms with E-state index in [-0.39, 0.29) is 0 Å². The maximum atomic E-state index is 5.40. The molecule has 0 aliphatic carbocycles. The van der Waals surface area contributed by atoms with Crippen LogP contribution < -0.4 is 0 Å². The van der Waals surface area contributed by atoms with Crippen LogP contribution in [0.25, 0.3) is 90.9 Å². The third-order valence-corrected chi connectivity index (χ3v) is 10.8. The number of hydrogen-bond acceptors (Lipinski definition) is 2. The van der Waals surface area contributed by atoms with Crippen LogP contribution in [0.15, 0.2) is 121 Å². The number of alkyl halides is 1. The van der Waals surface area contributed by atoms with Crippen LogP contribution in [0.5, 0.6) is 0 Å². The van der Waals surface area contributed by atoms with Gasteiger partial charge in [-0.2, -0.15) is 0 Å². The van der Waals surface area contributed by atoms with Gasteiger partial charge in [-0.3, -0.25) is 0 Å². The molecule has 8 bridgehead atoms. The van der Waals surface area contributed by atoms with E-state index >= 15 is 0 Å². The van der Waals surface area contributed by atoms with Crippen LogP contribution >= 0.6 is 15.9 Å². The molecule has 0 fully saturated rings. The Morgan fingerprint density at radius 2 is 0.679 bits per heavy atom. The average Bonchev–Trinajstić information content (AvgIpc) is 4.02. The summed E-state index contributed by atoms with van der Waals surface area (Å²) in [7, 11) is 0. The second kappa shape index (κ2) is 13.5. The molecular weight excluding hydrogens is 712 g/mol. The van der Waals surface area contributed by atoms with Gasteiger partial charge in [0.2, 0.25) is 0 Å². The van der Waals surface area contributed by atoms with Crippen LogP contribution in [-0.4, -0.2) is 19.9 Å². The molecule has 256 valence electrons. The smallest absolute Gasteiger partial charge is 0.0738 e. The molecule has 0 amide bonds. The summed E-state index contributed by atoms with van der Waals surface area (Å²) in [4.78, 5) is 18.5. The number of benzene rings is 4. The summed E-state index contributed by atoms with van der Waals surface area (Å²) < 4.78 is 0. The Morgan fingerprint density at radius 3 is 1.06 bits per heavy atom. The number of nitrogens with zero attached hydrogens (tertiary/aromatic N) is 2. The van der Waals surface area contributed by atoms with Gasteiger partial charge in [0.05, 0.1) is 22.8 Å². The van der Waals surface area contributed by atoms with Crippen molar-refractivity contribution in [1.82, 2.24) is 19.9 Å². The zero-order valence-corrected chi connectivity index (χ0v) is 31.4. The molecule has 0 saturated heterocycles. The van der Waals surface area contributed by atoms with E-state index in [9.17, 15) is 0 Å². The Labute approximate surface area is 317 Å². The van der Waals surface area contributed by atoms with Crippen LogP contribution in [0.2, 0.25) is 0 Å². The molecule has 2 aliphatic rings. The first-order valence-corrected chi connectivity index (χ1v) is 19.1. The molecule has 5 heterocycles. The van der Waals surface area contributed by atoms with Gasteiger partial charge in [0, 0.05) is 49.7 Å². The minimum Gasteiger partial charge on any atom is -0.354 e. The average molecular weight is 750 g/mol. The van der Waals surface area contributed by atoms with Crippen LogP contribution in [-0.2, 0) is 5.33 Å². The van der Waals surface area contributed by atoms with Gasteiger partial charge >= 0.3 is 0 Å². The molecule has 53 heavy (non-hydrogen) atoms. The molecule has 0 radical (unpaired) electrons. The molecule has 7 aromatic rings. The van der Waals surface area contributed by atoms with Gasteiger partial charge in [0.25, 0.3) is 0 Å². The Morgan fingerprint density at radius 1 is 0.377 bits per heavy atom. The van der Waals surface area contributed by atoms with E-state index < -0.39 is 0 Å². The number of hydrogen-bond donors (Lipinski definition) is 2. The van der Waals surface area contributed by atoms with Crippen LogP contribution in [0, 0.1) is 20.8 Å². The van der Waals surface area contributed by atoms with Gasteiger partial charge in [-0.25, -0.2) is 9.97 Å². The highest BCUT2D eigenvalue weighted by Gasteiger charge is 2.19. The van der Waals surface area contributed by atoms with Crippen molar-refractivity contribution in [2.75, 3.05) is 0 Å². The van der Waals surface area contributed by atoms with E-state index in [0.29, 0.717) is 0 Å². The number of rotatable bonds is 5. The standard InChI is InChI=1S/C48H37BrN4/c1-29-4-12-33(13-5-29)45-37-20-22-39(50-37)46(34-14-6-30(2)7-15-34)41-24-26-43(52-41)48(36-18-10-32(28-49)11-19-36)44-27-25-42(53-44)47(40-23-21-38(45)51-40)35-16-8-31(3)9-17-35/h4-27,52-53H,28H2,1-3H3. The van der Waals surface area contributed by atoms with Crippen LogP contribution in [0.3, 0.4) is 0 Å². The zero-order valence-electron chi connectivity index (χ0n) is 29.8. The van der Waals surface area contributed by atoms with Gasteiger partial charge in [-0.05, 0) is 97.2 Å². The quantitative estimate of drug-likeness (QED) is 0.172. The third kappa shape index (κ3) is 6.17. The van der Waals surface area contributed by atoms with Crippen molar-refractivity contribution in [3.63, 3.8) is 0 Å². The van der Waals surface area contributed by atoms with Crippen molar-refractivity contribution >= 4 is 62.3 Å². The summed E-state index contributed by atoms with van der Waals surface area (Å²) >= 11 is 3.63. The Kier molecular flexibility index (Phi) is 8.36. The van der Waals surface area contributed by atoms with E-state index in [1.165, 1.54) is 22.3 Å². The van der Waals surface area contributed by atoms with Crippen molar-refractivity contribution in [1.29, 1.82) is 0 Å². The fraction of sp³-hybridized carbons (Fsp3) is 0.0833. The molecule has 4 nitrogen and oxygen atoms in total. The van der Waals surface area contributed by atoms with Gasteiger partial charge in [-0.15, -0.1) is 0 Å². The SMILES string of the molecule is Cc1ccc(-c2c3nc(c(-c4ccc(C)cc4)c4ccc([nH]4)c(-c4ccc(CBr)cc4)c4ccc([nH]4)c(-c4ccc(C)cc4)c4nc2C=C4)C=C3)cc1. The molecule has 0 atom stereocenters. The number of aromatic amines is 2. The molecule has 0 spiro atoms. The van der Waals surface area contributed by atoms with Gasteiger partial charge in [-0.1, -0.05) is 130 Å². The number of H-pyrrole nitrogens is 2. The van der Waals surface area contributed by atoms with Crippen LogP contribution in [0.1, 0.15) is 45.0 Å². The van der Waals surface area contributed by atoms with Crippen molar-refractivity contribution in [3.8, 4) is 44.5 Å². The molecular formula is C48H37BrN4. The molecule has 0 saturated carbocycles. The first-order valence-electron chi connectivity index (χ1n) is 17.9. The fourth-order valence-electron chi connectivity index (χ4n) is 7.34. The topological polar surface area (TPSA) is 57.4 Å². The lowest BCUT2D eigenvalue weighted by Gasteiger charge is -2.08. The summed E-state index contributed by atoms with van der Waals surface area (Å²) in [5.74, 6) is 0. The Hall–Kier alpha value is -6.04. The predicted octanol–water partition coefficient (Wildman–Crippen LogP) is 13.1. The van der Waals surface area contributed by atoms with E-state index in [0.717, 1.165) is 94.7 Å². The van der Waals surface area contributed by atoms with Crippen molar-refractivity contribution in [2.45, 2.75) is 26.1 Å². The number of nitrogens with one attached hydrogen (secondary N) is 2. The van der Waals surface area contributed by atoms with Gasteiger partial charge in [0.15, 0.2) is 0 Å². The second-order valence-electron chi connectivity index (χ2n) is 13.9. The Bertz CT molecular complexity index is 2600. The monoisotopic (exact) mass is 748 g/mol. The van der Waals surface area contributed by atoms with Gasteiger partial charge in [0.1, 0.15) is 0 Å². The fourth-order valence-corrected chi connectivity index (χ4v) is 7.72. The molecule has 3 aromatic heterocycles. The first-order chi connectivity index (χ1) is 25.9. The van der Waals surface area contributed by atoms with E-state index in [1.807, 2.05) is 0 Å². The van der Waals surface area contributed by atoms with Crippen LogP contribution in [0.4, 0.5) is 0 Å². The highest BCUT2D eigenvalue weighted by molar-refractivity contribution is 9.08. The van der Waals surface area contributed by atoms with E-state index in [1.54, 1.807) is 0 Å². The summed E-state index contributed by atoms with van der Waals surface area (Å²) in [5, 5.41) is 0.804. The highest BCUT2D eigenvalue weighted by Crippen LogP contribution is 2.38. The summed E-state index contributed by atoms with van der Waals surface area (Å²) in [5.41, 5.74) is 21.0. The molecule has 5 heteroatoms. The summed E-state index contributed by atoms with van der Waals surface area (Å²) in [6, 6.07) is 43.6. The minimum atomic E-state index is 0.804. The van der Waals surface area contributed by atoms with Crippen molar-refractivity contribution < 1.29 is 0 Å². The normalized spacial score (nSPS) is 12.1. The Balaban J connectivity index is 1.46. The van der Waals surface area contributed by atoms with E-state index in [4.69, 9.17) is 9.97 Å². The van der Waals surface area contributed by atoms with Crippen molar-refractivity contribution in [3.05, 3.63) is 166 Å². The highest BCUT2D eigenvalue weighted by atomic mass is 79.9. The molecule has 9 rings (SSSR count). The summed E-state index contributed by atoms with van der Waals surface area (Å²) in [6.07, 6.45) is 8.57. The molecule has 2 aliphatic heterocycles. The first kappa shape index (κ1) is 32.8. The maximum Gasteiger partial charge on any atom is 0.0738 e. The second-order valence-corrected chi connectivity index (χ2v) is 14.5. The number of aromatic nitrogens is 4. The largest absolute Gasteiger partial charge is 0.354 e. The van der Waals surface area contributed by atoms with Crippen molar-refractivity contribution in [2.24, 2.45) is 0 Å². The lowest BCUT2D eigenvalue weighted by Crippen LogP contribution is -1.91. The zero-order chi connectivity index (χ0) is 36.1. The predicted molar refractivity (Wildman–Crippen MR) is 227 cm³/mol. The molecule has 4 aromatic carbocycles. The lowest BCUT2D eigenvalue weighted by atomic mass is 10.0. The minimum absolute atomic E-state index is 0.804. The number of aryl methyl sites for hydroxylation is 3. The lowest BCUT2D eigenvalue weighted by molar-refractivity contribution is 1.27. The number of halogens is 1. The maximum absolute atomic E-state index is 5.40. The number of fused-ring (bicyclic) bond motifs is 8. The molecule has 0 unspecified atom stereocenters. The molecule has 2 N–H and O–H groups in total.